The maximum Gasteiger partial charge on any atom is 0.243 e. The highest BCUT2D eigenvalue weighted by Crippen LogP contribution is 2.35. The number of nitrogens with one attached hydrogen (secondary N) is 1. The monoisotopic (exact) mass is 436 g/mol. The number of rotatable bonds is 7. The van der Waals surface area contributed by atoms with Gasteiger partial charge in [-0.05, 0) is 64.0 Å². The van der Waals surface area contributed by atoms with Gasteiger partial charge in [-0.15, -0.1) is 5.10 Å². The fourth-order valence-electron chi connectivity index (χ4n) is 3.16. The highest BCUT2D eigenvalue weighted by Gasteiger charge is 2.21. The standard InChI is InChI=1S/C19H19BrClFN4/c20-17-13(6-3-4-12-8-9-12)10-16-18(24-19(21)25-26(16)17)23-11-14-5-1-2-7-15(14)22/h1-2,5,7,10,12H,3-4,6,8-9,11H2,(H,23,24,25). The van der Waals surface area contributed by atoms with Crippen molar-refractivity contribution in [1.29, 1.82) is 0 Å². The van der Waals surface area contributed by atoms with E-state index in [4.69, 9.17) is 11.6 Å². The lowest BCUT2D eigenvalue weighted by Crippen LogP contribution is -2.07. The number of halogens is 3. The van der Waals surface area contributed by atoms with Crippen molar-refractivity contribution in [2.24, 2.45) is 5.92 Å². The van der Waals surface area contributed by atoms with Gasteiger partial charge in [-0.3, -0.25) is 0 Å². The molecule has 0 bridgehead atoms. The van der Waals surface area contributed by atoms with E-state index in [0.29, 0.717) is 17.9 Å². The first kappa shape index (κ1) is 17.7. The van der Waals surface area contributed by atoms with Crippen LogP contribution in [0.5, 0.6) is 0 Å². The number of nitrogens with zero attached hydrogens (tertiary/aromatic N) is 3. The summed E-state index contributed by atoms with van der Waals surface area (Å²) in [6.45, 7) is 0.329. The third-order valence-electron chi connectivity index (χ3n) is 4.78. The van der Waals surface area contributed by atoms with Gasteiger partial charge in [0.05, 0.1) is 0 Å². The molecular weight excluding hydrogens is 419 g/mol. The molecule has 0 radical (unpaired) electrons. The Morgan fingerprint density at radius 3 is 2.85 bits per heavy atom. The number of aryl methyl sites for hydroxylation is 1. The van der Waals surface area contributed by atoms with Gasteiger partial charge < -0.3 is 5.32 Å². The summed E-state index contributed by atoms with van der Waals surface area (Å²) in [5.74, 6) is 1.29. The van der Waals surface area contributed by atoms with Crippen molar-refractivity contribution in [2.75, 3.05) is 5.32 Å². The Hall–Kier alpha value is -1.66. The molecule has 4 rings (SSSR count). The predicted octanol–water partition coefficient (Wildman–Crippen LogP) is 5.63. The van der Waals surface area contributed by atoms with Crippen LogP contribution in [0.15, 0.2) is 34.9 Å². The van der Waals surface area contributed by atoms with E-state index in [9.17, 15) is 4.39 Å². The van der Waals surface area contributed by atoms with E-state index < -0.39 is 0 Å². The van der Waals surface area contributed by atoms with Crippen LogP contribution in [-0.2, 0) is 13.0 Å². The number of hydrogen-bond acceptors (Lipinski definition) is 3. The van der Waals surface area contributed by atoms with Crippen molar-refractivity contribution in [2.45, 2.75) is 38.6 Å². The van der Waals surface area contributed by atoms with E-state index >= 15 is 0 Å². The zero-order valence-electron chi connectivity index (χ0n) is 14.2. The Labute approximate surface area is 164 Å². The van der Waals surface area contributed by atoms with Crippen LogP contribution in [0.1, 0.15) is 36.8 Å². The molecule has 4 nitrogen and oxygen atoms in total. The molecule has 0 unspecified atom stereocenters. The largest absolute Gasteiger partial charge is 0.364 e. The average molecular weight is 438 g/mol. The molecule has 0 spiro atoms. The first-order chi connectivity index (χ1) is 12.6. The molecule has 2 heterocycles. The van der Waals surface area contributed by atoms with Crippen LogP contribution >= 0.6 is 27.5 Å². The second-order valence-electron chi connectivity index (χ2n) is 6.77. The van der Waals surface area contributed by atoms with Gasteiger partial charge in [0.15, 0.2) is 5.82 Å². The summed E-state index contributed by atoms with van der Waals surface area (Å²) in [4.78, 5) is 4.30. The summed E-state index contributed by atoms with van der Waals surface area (Å²) in [5, 5.41) is 7.64. The van der Waals surface area contributed by atoms with Gasteiger partial charge in [0.1, 0.15) is 15.9 Å². The van der Waals surface area contributed by atoms with Gasteiger partial charge in [-0.2, -0.15) is 4.98 Å². The van der Waals surface area contributed by atoms with Crippen molar-refractivity contribution < 1.29 is 4.39 Å². The van der Waals surface area contributed by atoms with Crippen LogP contribution in [0.2, 0.25) is 5.28 Å². The zero-order chi connectivity index (χ0) is 18.1. The predicted molar refractivity (Wildman–Crippen MR) is 105 cm³/mol. The zero-order valence-corrected chi connectivity index (χ0v) is 16.5. The number of aromatic nitrogens is 3. The van der Waals surface area contributed by atoms with Crippen LogP contribution < -0.4 is 5.32 Å². The van der Waals surface area contributed by atoms with Crippen LogP contribution in [0.25, 0.3) is 5.52 Å². The molecule has 26 heavy (non-hydrogen) atoms. The van der Waals surface area contributed by atoms with E-state index in [1.165, 1.54) is 37.3 Å². The number of benzene rings is 1. The molecule has 0 amide bonds. The molecule has 0 saturated heterocycles. The molecule has 136 valence electrons. The quantitative estimate of drug-likeness (QED) is 0.521. The van der Waals surface area contributed by atoms with Gasteiger partial charge in [-0.1, -0.05) is 37.5 Å². The normalized spacial score (nSPS) is 14.1. The van der Waals surface area contributed by atoms with Crippen LogP contribution in [-0.4, -0.2) is 14.6 Å². The van der Waals surface area contributed by atoms with Crippen molar-refractivity contribution in [3.8, 4) is 0 Å². The smallest absolute Gasteiger partial charge is 0.243 e. The minimum absolute atomic E-state index is 0.148. The Morgan fingerprint density at radius 2 is 2.08 bits per heavy atom. The van der Waals surface area contributed by atoms with Gasteiger partial charge in [0, 0.05) is 12.1 Å². The maximum absolute atomic E-state index is 13.9. The average Bonchev–Trinajstić information content (AvgIpc) is 3.39. The molecule has 1 fully saturated rings. The lowest BCUT2D eigenvalue weighted by atomic mass is 10.1. The molecule has 7 heteroatoms. The minimum Gasteiger partial charge on any atom is -0.364 e. The summed E-state index contributed by atoms with van der Waals surface area (Å²) in [6.07, 6.45) is 6.20. The lowest BCUT2D eigenvalue weighted by molar-refractivity contribution is 0.613. The van der Waals surface area contributed by atoms with E-state index in [2.05, 4.69) is 37.4 Å². The first-order valence-corrected chi connectivity index (χ1v) is 10.00. The summed E-state index contributed by atoms with van der Waals surface area (Å²) in [6, 6.07) is 8.77. The van der Waals surface area contributed by atoms with E-state index in [1.807, 2.05) is 6.07 Å². The molecular formula is C19H19BrClFN4. The van der Waals surface area contributed by atoms with Crippen molar-refractivity contribution >= 4 is 38.9 Å². The van der Waals surface area contributed by atoms with Gasteiger partial charge in [0.2, 0.25) is 5.28 Å². The fourth-order valence-corrected chi connectivity index (χ4v) is 3.91. The fraction of sp³-hybridized carbons (Fsp3) is 0.368. The highest BCUT2D eigenvalue weighted by atomic mass is 79.9. The summed E-state index contributed by atoms with van der Waals surface area (Å²) < 4.78 is 16.5. The Balaban J connectivity index is 1.58. The number of hydrogen-bond donors (Lipinski definition) is 1. The molecule has 0 atom stereocenters. The van der Waals surface area contributed by atoms with Crippen LogP contribution in [0.3, 0.4) is 0 Å². The van der Waals surface area contributed by atoms with Crippen molar-refractivity contribution in [3.63, 3.8) is 0 Å². The summed E-state index contributed by atoms with van der Waals surface area (Å²) in [7, 11) is 0. The maximum atomic E-state index is 13.9. The van der Waals surface area contributed by atoms with E-state index in [0.717, 1.165) is 22.5 Å². The van der Waals surface area contributed by atoms with Gasteiger partial charge in [-0.25, -0.2) is 8.91 Å². The number of anilines is 1. The summed E-state index contributed by atoms with van der Waals surface area (Å²) >= 11 is 9.73. The third kappa shape index (κ3) is 3.86. The topological polar surface area (TPSA) is 42.2 Å². The highest BCUT2D eigenvalue weighted by molar-refractivity contribution is 9.10. The molecule has 1 N–H and O–H groups in total. The molecule has 3 aromatic rings. The Kier molecular flexibility index (Phi) is 5.14. The molecule has 1 aliphatic rings. The molecule has 2 aromatic heterocycles. The SMILES string of the molecule is Fc1ccccc1CNc1nc(Cl)nn2c(Br)c(CCCC3CC3)cc12. The van der Waals surface area contributed by atoms with Crippen molar-refractivity contribution in [1.82, 2.24) is 14.6 Å². The van der Waals surface area contributed by atoms with Crippen molar-refractivity contribution in [3.05, 3.63) is 57.2 Å². The second kappa shape index (κ2) is 7.53. The molecule has 1 aromatic carbocycles. The van der Waals surface area contributed by atoms with Gasteiger partial charge in [0.25, 0.3) is 0 Å². The van der Waals surface area contributed by atoms with E-state index in [1.54, 1.807) is 16.6 Å². The van der Waals surface area contributed by atoms with Crippen LogP contribution in [0, 0.1) is 11.7 Å². The van der Waals surface area contributed by atoms with E-state index in [-0.39, 0.29) is 11.1 Å². The summed E-state index contributed by atoms with van der Waals surface area (Å²) in [5.41, 5.74) is 2.60. The Bertz CT molecular complexity index is 939. The lowest BCUT2D eigenvalue weighted by Gasteiger charge is -2.08. The number of fused-ring (bicyclic) bond motifs is 1. The second-order valence-corrected chi connectivity index (χ2v) is 7.86. The molecule has 1 aliphatic carbocycles. The molecule has 0 aliphatic heterocycles. The first-order valence-electron chi connectivity index (χ1n) is 8.83. The molecule has 1 saturated carbocycles. The minimum atomic E-state index is -0.242. The van der Waals surface area contributed by atoms with Crippen LogP contribution in [0.4, 0.5) is 10.2 Å². The van der Waals surface area contributed by atoms with Gasteiger partial charge >= 0.3 is 0 Å². The third-order valence-corrected chi connectivity index (χ3v) is 5.78. The Morgan fingerprint density at radius 1 is 1.27 bits per heavy atom.